The third-order valence-corrected chi connectivity index (χ3v) is 4.71. The lowest BCUT2D eigenvalue weighted by Crippen LogP contribution is -2.49. The van der Waals surface area contributed by atoms with Gasteiger partial charge in [0, 0.05) is 37.1 Å². The first-order valence-electron chi connectivity index (χ1n) is 8.34. The van der Waals surface area contributed by atoms with Crippen LogP contribution >= 0.6 is 12.2 Å². The highest BCUT2D eigenvalue weighted by Crippen LogP contribution is 2.35. The predicted molar refractivity (Wildman–Crippen MR) is 105 cm³/mol. The number of amides is 1. The lowest BCUT2D eigenvalue weighted by molar-refractivity contribution is -0.125. The Morgan fingerprint density at radius 3 is 2.41 bits per heavy atom. The molecule has 1 N–H and O–H groups in total. The zero-order valence-electron chi connectivity index (χ0n) is 15.2. The lowest BCUT2D eigenvalue weighted by Gasteiger charge is -2.38. The third-order valence-electron chi connectivity index (χ3n) is 4.41. The van der Waals surface area contributed by atoms with Crippen LogP contribution in [0.5, 0.6) is 0 Å². The fraction of sp³-hybridized carbons (Fsp3) is 0.200. The van der Waals surface area contributed by atoms with Crippen LogP contribution in [0.15, 0.2) is 59.8 Å². The first-order valence-corrected chi connectivity index (χ1v) is 8.75. The minimum atomic E-state index is -0.812. The van der Waals surface area contributed by atoms with Crippen molar-refractivity contribution in [2.45, 2.75) is 13.0 Å². The van der Waals surface area contributed by atoms with Crippen molar-refractivity contribution in [3.63, 3.8) is 0 Å². The average molecular weight is 387 g/mol. The van der Waals surface area contributed by atoms with Gasteiger partial charge in [-0.3, -0.25) is 9.69 Å². The molecule has 3 rings (SSSR count). The molecule has 0 radical (unpaired) electrons. The Morgan fingerprint density at radius 1 is 1.15 bits per heavy atom. The number of nitrogens with one attached hydrogen (secondary N) is 1. The van der Waals surface area contributed by atoms with Crippen molar-refractivity contribution in [2.75, 3.05) is 19.0 Å². The Hall–Kier alpha value is -2.80. The van der Waals surface area contributed by atoms with Crippen LogP contribution in [0.1, 0.15) is 18.5 Å². The summed E-state index contributed by atoms with van der Waals surface area (Å²) in [6.45, 7) is 1.77. The number of hydrogen-bond donors (Lipinski definition) is 1. The van der Waals surface area contributed by atoms with E-state index in [2.05, 4.69) is 5.32 Å². The molecule has 0 unspecified atom stereocenters. The third kappa shape index (κ3) is 3.55. The van der Waals surface area contributed by atoms with Gasteiger partial charge in [-0.15, -0.1) is 0 Å². The van der Waals surface area contributed by atoms with Crippen LogP contribution in [0.2, 0.25) is 0 Å². The summed E-state index contributed by atoms with van der Waals surface area (Å²) in [5.41, 5.74) is 1.89. The van der Waals surface area contributed by atoms with E-state index in [1.165, 1.54) is 17.0 Å². The molecule has 0 bridgehead atoms. The van der Waals surface area contributed by atoms with Crippen LogP contribution in [-0.4, -0.2) is 30.0 Å². The molecule has 0 spiro atoms. The van der Waals surface area contributed by atoms with Gasteiger partial charge in [-0.2, -0.15) is 0 Å². The Bertz CT molecular complexity index is 928. The number of hydrogen-bond acceptors (Lipinski definition) is 2. The van der Waals surface area contributed by atoms with Gasteiger partial charge < -0.3 is 10.2 Å². The predicted octanol–water partition coefficient (Wildman–Crippen LogP) is 3.76. The number of anilines is 1. The highest BCUT2D eigenvalue weighted by atomic mass is 32.1. The van der Waals surface area contributed by atoms with E-state index in [0.717, 1.165) is 11.8 Å². The van der Waals surface area contributed by atoms with E-state index in [-0.39, 0.29) is 11.5 Å². The van der Waals surface area contributed by atoms with Gasteiger partial charge in [-0.1, -0.05) is 24.3 Å². The summed E-state index contributed by atoms with van der Waals surface area (Å²) in [4.78, 5) is 16.1. The molecule has 0 aliphatic carbocycles. The monoisotopic (exact) mass is 387 g/mol. The van der Waals surface area contributed by atoms with Gasteiger partial charge in [0.25, 0.3) is 5.91 Å². The second-order valence-corrected chi connectivity index (χ2v) is 6.80. The van der Waals surface area contributed by atoms with Crippen molar-refractivity contribution in [3.8, 4) is 0 Å². The molecule has 0 fully saturated rings. The van der Waals surface area contributed by atoms with Gasteiger partial charge in [-0.25, -0.2) is 8.78 Å². The topological polar surface area (TPSA) is 35.6 Å². The number of para-hydroxylation sites is 1. The molecule has 0 saturated carbocycles. The van der Waals surface area contributed by atoms with Gasteiger partial charge in [-0.05, 0) is 37.3 Å². The molecule has 0 aromatic heterocycles. The maximum atomic E-state index is 14.5. The number of rotatable bonds is 3. The molecule has 4 nitrogen and oxygen atoms in total. The molecule has 1 aliphatic rings. The number of halogens is 2. The largest absolute Gasteiger partial charge is 0.351 e. The smallest absolute Gasteiger partial charge is 0.253 e. The second-order valence-electron chi connectivity index (χ2n) is 6.42. The van der Waals surface area contributed by atoms with E-state index in [0.29, 0.717) is 16.4 Å². The highest BCUT2D eigenvalue weighted by Gasteiger charge is 2.36. The summed E-state index contributed by atoms with van der Waals surface area (Å²) < 4.78 is 27.8. The van der Waals surface area contributed by atoms with Crippen molar-refractivity contribution >= 4 is 28.9 Å². The van der Waals surface area contributed by atoms with Crippen molar-refractivity contribution in [2.24, 2.45) is 0 Å². The highest BCUT2D eigenvalue weighted by molar-refractivity contribution is 7.80. The number of benzene rings is 2. The quantitative estimate of drug-likeness (QED) is 0.814. The molecule has 1 amide bonds. The Morgan fingerprint density at radius 2 is 1.81 bits per heavy atom. The van der Waals surface area contributed by atoms with E-state index < -0.39 is 17.7 Å². The molecular weight excluding hydrogens is 368 g/mol. The maximum Gasteiger partial charge on any atom is 0.253 e. The van der Waals surface area contributed by atoms with E-state index in [4.69, 9.17) is 12.2 Å². The number of carbonyl (C=O) groups excluding carboxylic acids is 1. The minimum Gasteiger partial charge on any atom is -0.351 e. The summed E-state index contributed by atoms with van der Waals surface area (Å²) in [6.07, 6.45) is 0. The van der Waals surface area contributed by atoms with Gasteiger partial charge >= 0.3 is 0 Å². The summed E-state index contributed by atoms with van der Waals surface area (Å²) >= 11 is 5.50. The van der Waals surface area contributed by atoms with Crippen molar-refractivity contribution < 1.29 is 13.6 Å². The Balaban J connectivity index is 2.19. The first kappa shape index (κ1) is 19.0. The molecule has 0 saturated heterocycles. The van der Waals surface area contributed by atoms with Crippen LogP contribution in [0.4, 0.5) is 14.5 Å². The van der Waals surface area contributed by atoms with Crippen LogP contribution in [0.25, 0.3) is 0 Å². The molecule has 140 valence electrons. The molecule has 27 heavy (non-hydrogen) atoms. The zero-order chi connectivity index (χ0) is 19.7. The fourth-order valence-corrected chi connectivity index (χ4v) is 3.48. The SMILES string of the molecule is CC1=C(C(=O)N(C)C)[C@@H](c2ccc(F)cc2F)NC(=S)N1c1ccccc1. The zero-order valence-corrected chi connectivity index (χ0v) is 16.0. The van der Waals surface area contributed by atoms with E-state index in [9.17, 15) is 13.6 Å². The van der Waals surface area contributed by atoms with Crippen molar-refractivity contribution in [3.05, 3.63) is 77.0 Å². The Kier molecular flexibility index (Phi) is 5.23. The molecule has 2 aromatic rings. The maximum absolute atomic E-state index is 14.5. The first-order chi connectivity index (χ1) is 12.8. The van der Waals surface area contributed by atoms with E-state index in [1.54, 1.807) is 25.9 Å². The summed E-state index contributed by atoms with van der Waals surface area (Å²) in [5.74, 6) is -1.70. The van der Waals surface area contributed by atoms with Gasteiger partial charge in [0.2, 0.25) is 0 Å². The fourth-order valence-electron chi connectivity index (χ4n) is 3.12. The molecule has 1 aliphatic heterocycles. The summed E-state index contributed by atoms with van der Waals surface area (Å²) in [6, 6.07) is 11.8. The molecule has 7 heteroatoms. The van der Waals surface area contributed by atoms with Crippen LogP contribution < -0.4 is 10.2 Å². The summed E-state index contributed by atoms with van der Waals surface area (Å²) in [5, 5.41) is 3.38. The number of nitrogens with zero attached hydrogens (tertiary/aromatic N) is 2. The molecule has 1 atom stereocenters. The number of allylic oxidation sites excluding steroid dienone is 1. The molecular formula is C20H19F2N3OS. The average Bonchev–Trinajstić information content (AvgIpc) is 2.61. The van der Waals surface area contributed by atoms with Gasteiger partial charge in [0.1, 0.15) is 11.6 Å². The van der Waals surface area contributed by atoms with Crippen LogP contribution in [-0.2, 0) is 4.79 Å². The number of carbonyl (C=O) groups is 1. The molecule has 2 aromatic carbocycles. The normalized spacial score (nSPS) is 17.0. The molecule has 1 heterocycles. The van der Waals surface area contributed by atoms with Gasteiger partial charge in [0.05, 0.1) is 11.6 Å². The second kappa shape index (κ2) is 7.44. The standard InChI is InChI=1S/C20H19F2N3OS/c1-12-17(19(26)24(2)3)18(15-10-9-13(21)11-16(15)22)23-20(27)25(12)14-7-5-4-6-8-14/h4-11,18H,1-3H3,(H,23,27)/t18-/m1/s1. The van der Waals surface area contributed by atoms with Crippen molar-refractivity contribution in [1.82, 2.24) is 10.2 Å². The summed E-state index contributed by atoms with van der Waals surface area (Å²) in [7, 11) is 3.25. The Labute approximate surface area is 162 Å². The lowest BCUT2D eigenvalue weighted by atomic mass is 9.93. The van der Waals surface area contributed by atoms with Crippen LogP contribution in [0.3, 0.4) is 0 Å². The number of likely N-dealkylation sites (N-methyl/N-ethyl adjacent to an activating group) is 1. The van der Waals surface area contributed by atoms with Crippen LogP contribution in [0, 0.1) is 11.6 Å². The van der Waals surface area contributed by atoms with Gasteiger partial charge in [0.15, 0.2) is 5.11 Å². The van der Waals surface area contributed by atoms with E-state index in [1.807, 2.05) is 30.3 Å². The van der Waals surface area contributed by atoms with Crippen molar-refractivity contribution in [1.29, 1.82) is 0 Å². The van der Waals surface area contributed by atoms with E-state index >= 15 is 0 Å². The number of thiocarbonyl (C=S) groups is 1. The minimum absolute atomic E-state index is 0.163.